The summed E-state index contributed by atoms with van der Waals surface area (Å²) >= 11 is 0. The van der Waals surface area contributed by atoms with Crippen LogP contribution < -0.4 is 4.90 Å². The van der Waals surface area contributed by atoms with Gasteiger partial charge in [0.2, 0.25) is 0 Å². The molecule has 0 bridgehead atoms. The van der Waals surface area contributed by atoms with Gasteiger partial charge in [-0.15, -0.1) is 0 Å². The maximum absolute atomic E-state index is 10.2. The lowest BCUT2D eigenvalue weighted by atomic mass is 9.88. The third-order valence-corrected chi connectivity index (χ3v) is 3.81. The van der Waals surface area contributed by atoms with Crippen LogP contribution in [0, 0.1) is 5.41 Å². The third-order valence-electron chi connectivity index (χ3n) is 3.81. The highest BCUT2D eigenvalue weighted by atomic mass is 16.3. The van der Waals surface area contributed by atoms with Crippen molar-refractivity contribution in [1.82, 2.24) is 0 Å². The zero-order chi connectivity index (χ0) is 15.2. The van der Waals surface area contributed by atoms with Crippen molar-refractivity contribution >= 4 is 5.69 Å². The zero-order valence-electron chi connectivity index (χ0n) is 13.8. The normalized spacial score (nSPS) is 13.3. The van der Waals surface area contributed by atoms with Gasteiger partial charge in [0, 0.05) is 18.8 Å². The summed E-state index contributed by atoms with van der Waals surface area (Å²) in [5.41, 5.74) is 2.63. The molecule has 0 heterocycles. The molecule has 0 saturated heterocycles. The lowest BCUT2D eigenvalue weighted by molar-refractivity contribution is 0.158. The summed E-state index contributed by atoms with van der Waals surface area (Å²) in [5, 5.41) is 10.2. The first kappa shape index (κ1) is 17.0. The van der Waals surface area contributed by atoms with E-state index in [0.717, 1.165) is 37.9 Å². The van der Waals surface area contributed by atoms with Crippen LogP contribution in [0.2, 0.25) is 0 Å². The first-order valence-electron chi connectivity index (χ1n) is 7.90. The van der Waals surface area contributed by atoms with Crippen LogP contribution >= 0.6 is 0 Å². The predicted octanol–water partition coefficient (Wildman–Crippen LogP) is 4.78. The van der Waals surface area contributed by atoms with E-state index in [1.165, 1.54) is 5.69 Å². The second-order valence-electron chi connectivity index (χ2n) is 6.73. The average molecular weight is 277 g/mol. The van der Waals surface area contributed by atoms with Crippen LogP contribution in [0.15, 0.2) is 24.3 Å². The molecule has 0 aliphatic rings. The Labute approximate surface area is 124 Å². The molecule has 0 amide bonds. The predicted molar refractivity (Wildman–Crippen MR) is 88.3 cm³/mol. The standard InChI is InChI=1S/C18H31NO/c1-6-19(7-2)16-12-10-15(11-13-16)17(20)9-8-14-18(3,4)5/h10-13,17,20H,6-9,14H2,1-5H3. The fourth-order valence-electron chi connectivity index (χ4n) is 2.49. The largest absolute Gasteiger partial charge is 0.388 e. The Morgan fingerprint density at radius 1 is 1.05 bits per heavy atom. The molecule has 20 heavy (non-hydrogen) atoms. The summed E-state index contributed by atoms with van der Waals surface area (Å²) in [4.78, 5) is 2.32. The second-order valence-corrected chi connectivity index (χ2v) is 6.73. The maximum atomic E-state index is 10.2. The molecule has 1 atom stereocenters. The number of benzene rings is 1. The van der Waals surface area contributed by atoms with Crippen LogP contribution in [-0.4, -0.2) is 18.2 Å². The third kappa shape index (κ3) is 5.54. The van der Waals surface area contributed by atoms with Gasteiger partial charge in [0.1, 0.15) is 0 Å². The summed E-state index contributed by atoms with van der Waals surface area (Å²) in [6.45, 7) is 13.1. The molecule has 1 N–H and O–H groups in total. The number of hydrogen-bond donors (Lipinski definition) is 1. The number of rotatable bonds is 7. The minimum atomic E-state index is -0.330. The molecule has 0 radical (unpaired) electrons. The van der Waals surface area contributed by atoms with Gasteiger partial charge in [-0.25, -0.2) is 0 Å². The summed E-state index contributed by atoms with van der Waals surface area (Å²) in [7, 11) is 0. The van der Waals surface area contributed by atoms with Crippen LogP contribution in [0.3, 0.4) is 0 Å². The SMILES string of the molecule is CCN(CC)c1ccc(C(O)CCCC(C)(C)C)cc1. The van der Waals surface area contributed by atoms with Crippen molar-refractivity contribution in [2.24, 2.45) is 5.41 Å². The molecule has 0 spiro atoms. The molecule has 0 aliphatic heterocycles. The molecule has 2 heteroatoms. The van der Waals surface area contributed by atoms with Crippen molar-refractivity contribution in [2.45, 2.75) is 60.0 Å². The summed E-state index contributed by atoms with van der Waals surface area (Å²) in [6.07, 6.45) is 2.74. The van der Waals surface area contributed by atoms with Gasteiger partial charge in [-0.1, -0.05) is 39.3 Å². The van der Waals surface area contributed by atoms with Crippen LogP contribution in [-0.2, 0) is 0 Å². The lowest BCUT2D eigenvalue weighted by Gasteiger charge is -2.22. The van der Waals surface area contributed by atoms with E-state index < -0.39 is 0 Å². The number of aliphatic hydroxyl groups is 1. The van der Waals surface area contributed by atoms with Gasteiger partial charge in [0.05, 0.1) is 6.10 Å². The van der Waals surface area contributed by atoms with Crippen molar-refractivity contribution in [3.63, 3.8) is 0 Å². The highest BCUT2D eigenvalue weighted by Gasteiger charge is 2.13. The van der Waals surface area contributed by atoms with Gasteiger partial charge in [-0.2, -0.15) is 0 Å². The molecule has 1 aromatic rings. The quantitative estimate of drug-likeness (QED) is 0.775. The van der Waals surface area contributed by atoms with Crippen molar-refractivity contribution in [2.75, 3.05) is 18.0 Å². The zero-order valence-corrected chi connectivity index (χ0v) is 13.8. The molecule has 0 aliphatic carbocycles. The number of hydrogen-bond acceptors (Lipinski definition) is 2. The highest BCUT2D eigenvalue weighted by molar-refractivity contribution is 5.47. The molecule has 1 unspecified atom stereocenters. The van der Waals surface area contributed by atoms with Gasteiger partial charge in [-0.3, -0.25) is 0 Å². The monoisotopic (exact) mass is 277 g/mol. The number of aliphatic hydroxyl groups excluding tert-OH is 1. The van der Waals surface area contributed by atoms with E-state index in [0.29, 0.717) is 5.41 Å². The molecule has 114 valence electrons. The smallest absolute Gasteiger partial charge is 0.0790 e. The van der Waals surface area contributed by atoms with E-state index in [1.807, 2.05) is 0 Å². The Kier molecular flexibility index (Phi) is 6.54. The minimum absolute atomic E-state index is 0.330. The molecular formula is C18H31NO. The Bertz CT molecular complexity index is 373. The average Bonchev–Trinajstić information content (AvgIpc) is 2.39. The molecule has 0 aromatic heterocycles. The fourth-order valence-corrected chi connectivity index (χ4v) is 2.49. The van der Waals surface area contributed by atoms with Crippen molar-refractivity contribution in [3.8, 4) is 0 Å². The minimum Gasteiger partial charge on any atom is -0.388 e. The van der Waals surface area contributed by atoms with Gasteiger partial charge >= 0.3 is 0 Å². The van der Waals surface area contributed by atoms with Gasteiger partial charge < -0.3 is 10.0 Å². The number of anilines is 1. The topological polar surface area (TPSA) is 23.5 Å². The first-order chi connectivity index (χ1) is 9.37. The number of nitrogens with zero attached hydrogens (tertiary/aromatic N) is 1. The van der Waals surface area contributed by atoms with E-state index in [2.05, 4.69) is 63.8 Å². The highest BCUT2D eigenvalue weighted by Crippen LogP contribution is 2.27. The summed E-state index contributed by atoms with van der Waals surface area (Å²) < 4.78 is 0. The Balaban J connectivity index is 2.55. The van der Waals surface area contributed by atoms with Gasteiger partial charge in [-0.05, 0) is 49.8 Å². The Morgan fingerprint density at radius 2 is 1.60 bits per heavy atom. The first-order valence-corrected chi connectivity index (χ1v) is 7.90. The Hall–Kier alpha value is -1.02. The molecule has 1 aromatic carbocycles. The van der Waals surface area contributed by atoms with Crippen LogP contribution in [0.5, 0.6) is 0 Å². The Morgan fingerprint density at radius 3 is 2.05 bits per heavy atom. The van der Waals surface area contributed by atoms with E-state index in [9.17, 15) is 5.11 Å². The van der Waals surface area contributed by atoms with Gasteiger partial charge in [0.15, 0.2) is 0 Å². The summed E-state index contributed by atoms with van der Waals surface area (Å²) in [6, 6.07) is 8.37. The van der Waals surface area contributed by atoms with Crippen LogP contribution in [0.1, 0.15) is 65.5 Å². The maximum Gasteiger partial charge on any atom is 0.0790 e. The van der Waals surface area contributed by atoms with E-state index in [1.54, 1.807) is 0 Å². The van der Waals surface area contributed by atoms with E-state index in [4.69, 9.17) is 0 Å². The van der Waals surface area contributed by atoms with Crippen molar-refractivity contribution in [3.05, 3.63) is 29.8 Å². The molecule has 1 rings (SSSR count). The molecule has 2 nitrogen and oxygen atoms in total. The van der Waals surface area contributed by atoms with Gasteiger partial charge in [0.25, 0.3) is 0 Å². The lowest BCUT2D eigenvalue weighted by Crippen LogP contribution is -2.21. The summed E-state index contributed by atoms with van der Waals surface area (Å²) in [5.74, 6) is 0. The van der Waals surface area contributed by atoms with Crippen molar-refractivity contribution < 1.29 is 5.11 Å². The fraction of sp³-hybridized carbons (Fsp3) is 0.667. The van der Waals surface area contributed by atoms with Crippen LogP contribution in [0.25, 0.3) is 0 Å². The van der Waals surface area contributed by atoms with E-state index in [-0.39, 0.29) is 6.10 Å². The van der Waals surface area contributed by atoms with E-state index >= 15 is 0 Å². The molecular weight excluding hydrogens is 246 g/mol. The molecule has 0 saturated carbocycles. The van der Waals surface area contributed by atoms with Crippen LogP contribution in [0.4, 0.5) is 5.69 Å². The second kappa shape index (κ2) is 7.68. The molecule has 0 fully saturated rings. The van der Waals surface area contributed by atoms with Crippen molar-refractivity contribution in [1.29, 1.82) is 0 Å².